The largest absolute Gasteiger partial charge is 0.369 e. The Hall–Kier alpha value is -2.14. The van der Waals surface area contributed by atoms with Gasteiger partial charge in [-0.3, -0.25) is 9.67 Å². The predicted molar refractivity (Wildman–Crippen MR) is 89.4 cm³/mol. The summed E-state index contributed by atoms with van der Waals surface area (Å²) in [5.74, 6) is -0.289. The van der Waals surface area contributed by atoms with Crippen LogP contribution in [-0.4, -0.2) is 27.9 Å². The molecule has 118 valence electrons. The lowest BCUT2D eigenvalue weighted by molar-refractivity contribution is 0.365. The number of benzene rings is 1. The van der Waals surface area contributed by atoms with Gasteiger partial charge in [0.1, 0.15) is 5.52 Å². The molecule has 23 heavy (non-hydrogen) atoms. The van der Waals surface area contributed by atoms with E-state index in [9.17, 15) is 4.39 Å². The first kappa shape index (κ1) is 14.5. The van der Waals surface area contributed by atoms with Gasteiger partial charge in [0, 0.05) is 37.1 Å². The zero-order chi connectivity index (χ0) is 15.8. The first-order valence-corrected chi connectivity index (χ1v) is 8.08. The summed E-state index contributed by atoms with van der Waals surface area (Å²) in [6.07, 6.45) is 7.22. The third-order valence-corrected chi connectivity index (χ3v) is 4.81. The van der Waals surface area contributed by atoms with Crippen LogP contribution in [0.1, 0.15) is 18.9 Å². The molecule has 0 spiro atoms. The fourth-order valence-electron chi connectivity index (χ4n) is 3.25. The van der Waals surface area contributed by atoms with Gasteiger partial charge in [-0.1, -0.05) is 11.6 Å². The van der Waals surface area contributed by atoms with Crippen LogP contribution in [0.25, 0.3) is 10.9 Å². The Kier molecular flexibility index (Phi) is 3.65. The number of anilines is 1. The van der Waals surface area contributed by atoms with Gasteiger partial charge in [-0.05, 0) is 37.1 Å². The zero-order valence-corrected chi connectivity index (χ0v) is 13.2. The van der Waals surface area contributed by atoms with Crippen molar-refractivity contribution in [3.8, 4) is 0 Å². The van der Waals surface area contributed by atoms with Crippen LogP contribution in [0.2, 0.25) is 5.02 Å². The van der Waals surface area contributed by atoms with Crippen molar-refractivity contribution in [2.24, 2.45) is 0 Å². The Bertz CT molecular complexity index is 826. The first-order chi connectivity index (χ1) is 11.2. The number of pyridine rings is 1. The molecule has 0 atom stereocenters. The van der Waals surface area contributed by atoms with E-state index in [0.29, 0.717) is 27.7 Å². The van der Waals surface area contributed by atoms with E-state index >= 15 is 0 Å². The Morgan fingerprint density at radius 1 is 1.13 bits per heavy atom. The third-order valence-electron chi connectivity index (χ3n) is 4.48. The van der Waals surface area contributed by atoms with Crippen molar-refractivity contribution in [1.82, 2.24) is 14.8 Å². The van der Waals surface area contributed by atoms with Gasteiger partial charge >= 0.3 is 0 Å². The molecule has 1 aromatic carbocycles. The van der Waals surface area contributed by atoms with E-state index in [4.69, 9.17) is 11.6 Å². The summed E-state index contributed by atoms with van der Waals surface area (Å²) in [7, 11) is 0. The minimum absolute atomic E-state index is 0.289. The molecule has 1 aliphatic rings. The summed E-state index contributed by atoms with van der Waals surface area (Å²) in [5, 5.41) is 5.49. The quantitative estimate of drug-likeness (QED) is 0.710. The fourth-order valence-corrected chi connectivity index (χ4v) is 3.46. The van der Waals surface area contributed by atoms with Gasteiger partial charge in [0.05, 0.1) is 16.8 Å². The molecule has 3 heterocycles. The minimum atomic E-state index is -0.289. The Balaban J connectivity index is 1.60. The van der Waals surface area contributed by atoms with Crippen molar-refractivity contribution >= 4 is 28.2 Å². The highest BCUT2D eigenvalue weighted by molar-refractivity contribution is 6.35. The Morgan fingerprint density at radius 2 is 1.96 bits per heavy atom. The summed E-state index contributed by atoms with van der Waals surface area (Å²) in [6.45, 7) is 1.60. The molecule has 3 aromatic rings. The lowest BCUT2D eigenvalue weighted by Gasteiger charge is -2.34. The van der Waals surface area contributed by atoms with Crippen molar-refractivity contribution in [2.75, 3.05) is 18.0 Å². The molecule has 0 N–H and O–H groups in total. The van der Waals surface area contributed by atoms with Gasteiger partial charge in [-0.2, -0.15) is 5.10 Å². The molecular formula is C17H16ClFN4. The summed E-state index contributed by atoms with van der Waals surface area (Å²) >= 11 is 6.11. The van der Waals surface area contributed by atoms with Crippen LogP contribution in [-0.2, 0) is 0 Å². The molecule has 1 saturated heterocycles. The normalized spacial score (nSPS) is 16.2. The molecule has 6 heteroatoms. The summed E-state index contributed by atoms with van der Waals surface area (Å²) < 4.78 is 16.8. The summed E-state index contributed by atoms with van der Waals surface area (Å²) in [5.41, 5.74) is 0.940. The lowest BCUT2D eigenvalue weighted by atomic mass is 10.0. The minimum Gasteiger partial charge on any atom is -0.369 e. The van der Waals surface area contributed by atoms with Crippen LogP contribution in [0.15, 0.2) is 42.9 Å². The molecule has 0 amide bonds. The average Bonchev–Trinajstić information content (AvgIpc) is 3.11. The van der Waals surface area contributed by atoms with Gasteiger partial charge in [0.15, 0.2) is 5.82 Å². The Morgan fingerprint density at radius 3 is 2.70 bits per heavy atom. The highest BCUT2D eigenvalue weighted by Crippen LogP contribution is 2.32. The molecule has 0 radical (unpaired) electrons. The van der Waals surface area contributed by atoms with Crippen LogP contribution < -0.4 is 4.90 Å². The lowest BCUT2D eigenvalue weighted by Crippen LogP contribution is -2.35. The van der Waals surface area contributed by atoms with Crippen molar-refractivity contribution in [3.63, 3.8) is 0 Å². The van der Waals surface area contributed by atoms with Gasteiger partial charge in [-0.15, -0.1) is 0 Å². The molecule has 1 fully saturated rings. The van der Waals surface area contributed by atoms with Gasteiger partial charge in [0.25, 0.3) is 0 Å². The average molecular weight is 331 g/mol. The number of halogens is 2. The smallest absolute Gasteiger partial charge is 0.172 e. The maximum Gasteiger partial charge on any atom is 0.172 e. The van der Waals surface area contributed by atoms with Crippen molar-refractivity contribution in [1.29, 1.82) is 0 Å². The van der Waals surface area contributed by atoms with Gasteiger partial charge in [0.2, 0.25) is 0 Å². The monoisotopic (exact) mass is 330 g/mol. The maximum absolute atomic E-state index is 14.8. The molecule has 0 unspecified atom stereocenters. The van der Waals surface area contributed by atoms with Gasteiger partial charge in [-0.25, -0.2) is 4.39 Å². The molecular weight excluding hydrogens is 315 g/mol. The molecule has 2 aromatic heterocycles. The molecule has 1 aliphatic heterocycles. The van der Waals surface area contributed by atoms with E-state index in [-0.39, 0.29) is 5.82 Å². The number of rotatable bonds is 2. The second-order valence-electron chi connectivity index (χ2n) is 5.79. The molecule has 4 rings (SSSR count). The van der Waals surface area contributed by atoms with E-state index in [1.54, 1.807) is 24.5 Å². The van der Waals surface area contributed by atoms with E-state index < -0.39 is 0 Å². The fraction of sp³-hybridized carbons (Fsp3) is 0.294. The molecule has 4 nitrogen and oxygen atoms in total. The SMILES string of the molecule is Fc1c(N2CCC(n3cccn3)CC2)ccc2c(Cl)ccnc12. The van der Waals surface area contributed by atoms with Crippen molar-refractivity contribution in [2.45, 2.75) is 18.9 Å². The standard InChI is InChI=1S/C17H16ClFN4/c18-14-4-8-20-17-13(14)2-3-15(16(17)19)22-10-5-12(6-11-22)23-9-1-7-21-23/h1-4,7-9,12H,5-6,10-11H2. The Labute approximate surface area is 138 Å². The predicted octanol–water partition coefficient (Wildman–Crippen LogP) is 4.07. The zero-order valence-electron chi connectivity index (χ0n) is 12.5. The van der Waals surface area contributed by atoms with E-state index in [2.05, 4.69) is 15.0 Å². The van der Waals surface area contributed by atoms with Crippen LogP contribution in [0.3, 0.4) is 0 Å². The number of hydrogen-bond acceptors (Lipinski definition) is 3. The molecule has 0 bridgehead atoms. The van der Waals surface area contributed by atoms with Crippen molar-refractivity contribution in [3.05, 3.63) is 53.7 Å². The van der Waals surface area contributed by atoms with Crippen LogP contribution in [0.4, 0.5) is 10.1 Å². The summed E-state index contributed by atoms with van der Waals surface area (Å²) in [6, 6.07) is 7.66. The highest BCUT2D eigenvalue weighted by Gasteiger charge is 2.23. The highest BCUT2D eigenvalue weighted by atomic mass is 35.5. The second-order valence-corrected chi connectivity index (χ2v) is 6.20. The second kappa shape index (κ2) is 5.81. The third kappa shape index (κ3) is 2.55. The number of hydrogen-bond donors (Lipinski definition) is 0. The van der Waals surface area contributed by atoms with E-state index in [1.807, 2.05) is 23.0 Å². The number of aromatic nitrogens is 3. The first-order valence-electron chi connectivity index (χ1n) is 7.71. The molecule has 0 saturated carbocycles. The van der Waals surface area contributed by atoms with Crippen LogP contribution in [0.5, 0.6) is 0 Å². The number of piperidine rings is 1. The molecule has 0 aliphatic carbocycles. The number of nitrogens with zero attached hydrogens (tertiary/aromatic N) is 4. The van der Waals surface area contributed by atoms with E-state index in [1.165, 1.54) is 0 Å². The number of fused-ring (bicyclic) bond motifs is 1. The summed E-state index contributed by atoms with van der Waals surface area (Å²) in [4.78, 5) is 6.23. The van der Waals surface area contributed by atoms with Gasteiger partial charge < -0.3 is 4.90 Å². The van der Waals surface area contributed by atoms with Crippen LogP contribution >= 0.6 is 11.6 Å². The topological polar surface area (TPSA) is 34.0 Å². The van der Waals surface area contributed by atoms with Crippen molar-refractivity contribution < 1.29 is 4.39 Å². The maximum atomic E-state index is 14.8. The van der Waals surface area contributed by atoms with E-state index in [0.717, 1.165) is 25.9 Å². The van der Waals surface area contributed by atoms with Crippen LogP contribution in [0, 0.1) is 5.82 Å².